The molecule has 3 aromatic carbocycles. The normalized spacial score (nSPS) is 11.3. The minimum Gasteiger partial charge on any atom is -0.460 e. The highest BCUT2D eigenvalue weighted by atomic mass is 16.6. The van der Waals surface area contributed by atoms with Crippen LogP contribution in [0.3, 0.4) is 0 Å². The quantitative estimate of drug-likeness (QED) is 0.119. The average Bonchev–Trinajstić information content (AvgIpc) is 3.07. The first kappa shape index (κ1) is 34.1. The molecule has 0 fully saturated rings. The Balaban J connectivity index is 1.51. The average molecular weight is 605 g/mol. The summed E-state index contributed by atoms with van der Waals surface area (Å²) in [5.41, 5.74) is 14.4. The number of hydrogen-bond donors (Lipinski definition) is 2. The molecular weight excluding hydrogens is 560 g/mol. The van der Waals surface area contributed by atoms with Crippen LogP contribution < -0.4 is 11.5 Å². The SMILES string of the molecule is NCCCN(CCCCN(CCC(N)C(=O)OCc1ccccc1)C(=O)OCc1ccccc1)C(=O)OCc1ccccc1. The summed E-state index contributed by atoms with van der Waals surface area (Å²) in [6.07, 6.45) is 1.18. The molecule has 0 aliphatic heterocycles. The fourth-order valence-corrected chi connectivity index (χ4v) is 4.35. The van der Waals surface area contributed by atoms with Crippen molar-refractivity contribution in [2.75, 3.05) is 32.7 Å². The number of unbranched alkanes of at least 4 members (excludes halogenated alkanes) is 1. The van der Waals surface area contributed by atoms with Crippen molar-refractivity contribution in [3.8, 4) is 0 Å². The molecule has 44 heavy (non-hydrogen) atoms. The van der Waals surface area contributed by atoms with Crippen LogP contribution in [-0.2, 0) is 38.8 Å². The van der Waals surface area contributed by atoms with Crippen LogP contribution in [-0.4, -0.2) is 66.7 Å². The number of benzene rings is 3. The summed E-state index contributed by atoms with van der Waals surface area (Å²) >= 11 is 0. The van der Waals surface area contributed by atoms with Gasteiger partial charge in [0.25, 0.3) is 0 Å². The highest BCUT2D eigenvalue weighted by Gasteiger charge is 2.21. The van der Waals surface area contributed by atoms with Gasteiger partial charge in [-0.25, -0.2) is 9.59 Å². The van der Waals surface area contributed by atoms with Crippen LogP contribution in [0.4, 0.5) is 9.59 Å². The Labute approximate surface area is 259 Å². The van der Waals surface area contributed by atoms with E-state index >= 15 is 0 Å². The molecule has 2 amide bonds. The van der Waals surface area contributed by atoms with Gasteiger partial charge in [-0.2, -0.15) is 0 Å². The standard InChI is InChI=1S/C34H44N4O6/c35-20-12-23-37(33(40)43-26-29-15-6-2-7-16-29)21-10-11-22-38(34(41)44-27-30-17-8-3-9-18-30)24-19-31(36)32(39)42-25-28-13-4-1-5-14-28/h1-9,13-18,31H,10-12,19-27,35-36H2. The number of carbonyl (C=O) groups is 3. The van der Waals surface area contributed by atoms with E-state index in [1.807, 2.05) is 91.0 Å². The van der Waals surface area contributed by atoms with Crippen molar-refractivity contribution < 1.29 is 28.6 Å². The Morgan fingerprint density at radius 3 is 1.39 bits per heavy atom. The molecule has 0 aliphatic rings. The van der Waals surface area contributed by atoms with Crippen LogP contribution in [0.1, 0.15) is 42.4 Å². The van der Waals surface area contributed by atoms with Gasteiger partial charge in [0.2, 0.25) is 0 Å². The van der Waals surface area contributed by atoms with Crippen LogP contribution in [0.25, 0.3) is 0 Å². The van der Waals surface area contributed by atoms with Gasteiger partial charge in [-0.15, -0.1) is 0 Å². The van der Waals surface area contributed by atoms with E-state index in [4.69, 9.17) is 25.7 Å². The molecule has 236 valence electrons. The fraction of sp³-hybridized carbons (Fsp3) is 0.382. The van der Waals surface area contributed by atoms with Crippen LogP contribution in [0.15, 0.2) is 91.0 Å². The molecule has 3 rings (SSSR count). The van der Waals surface area contributed by atoms with E-state index in [0.29, 0.717) is 45.4 Å². The summed E-state index contributed by atoms with van der Waals surface area (Å²) in [6.45, 7) is 2.41. The number of carbonyl (C=O) groups excluding carboxylic acids is 3. The third-order valence-electron chi connectivity index (χ3n) is 6.90. The Hall–Kier alpha value is -4.41. The maximum Gasteiger partial charge on any atom is 0.410 e. The van der Waals surface area contributed by atoms with Gasteiger partial charge in [-0.05, 0) is 48.9 Å². The first-order valence-electron chi connectivity index (χ1n) is 15.0. The minimum atomic E-state index is -0.894. The van der Waals surface area contributed by atoms with E-state index in [9.17, 15) is 14.4 Å². The zero-order valence-electron chi connectivity index (χ0n) is 25.2. The van der Waals surface area contributed by atoms with E-state index in [0.717, 1.165) is 16.7 Å². The van der Waals surface area contributed by atoms with Crippen molar-refractivity contribution in [2.24, 2.45) is 11.5 Å². The molecule has 0 spiro atoms. The van der Waals surface area contributed by atoms with Crippen molar-refractivity contribution in [1.29, 1.82) is 0 Å². The highest BCUT2D eigenvalue weighted by molar-refractivity contribution is 5.75. The number of hydrogen-bond acceptors (Lipinski definition) is 8. The lowest BCUT2D eigenvalue weighted by Gasteiger charge is -2.25. The number of esters is 1. The number of amides is 2. The van der Waals surface area contributed by atoms with Gasteiger partial charge in [-0.3, -0.25) is 4.79 Å². The summed E-state index contributed by atoms with van der Waals surface area (Å²) in [6, 6.07) is 27.4. The summed E-state index contributed by atoms with van der Waals surface area (Å²) in [4.78, 5) is 41.5. The predicted molar refractivity (Wildman–Crippen MR) is 168 cm³/mol. The molecule has 0 radical (unpaired) electrons. The van der Waals surface area contributed by atoms with E-state index in [1.165, 1.54) is 0 Å². The second-order valence-electron chi connectivity index (χ2n) is 10.4. The third kappa shape index (κ3) is 12.8. The smallest absolute Gasteiger partial charge is 0.410 e. The lowest BCUT2D eigenvalue weighted by Crippen LogP contribution is -2.40. The van der Waals surface area contributed by atoms with Gasteiger partial charge in [0.1, 0.15) is 25.9 Å². The molecule has 0 aliphatic carbocycles. The van der Waals surface area contributed by atoms with Gasteiger partial charge >= 0.3 is 18.2 Å². The van der Waals surface area contributed by atoms with Crippen molar-refractivity contribution in [2.45, 2.75) is 51.5 Å². The fourth-order valence-electron chi connectivity index (χ4n) is 4.35. The van der Waals surface area contributed by atoms with Crippen LogP contribution in [0.2, 0.25) is 0 Å². The van der Waals surface area contributed by atoms with Crippen LogP contribution in [0, 0.1) is 0 Å². The molecule has 0 bridgehead atoms. The minimum absolute atomic E-state index is 0.126. The first-order chi connectivity index (χ1) is 21.5. The molecule has 10 heteroatoms. The molecular formula is C34H44N4O6. The molecule has 1 atom stereocenters. The topological polar surface area (TPSA) is 137 Å². The largest absolute Gasteiger partial charge is 0.460 e. The van der Waals surface area contributed by atoms with E-state index in [-0.39, 0.29) is 32.8 Å². The Kier molecular flexibility index (Phi) is 15.3. The molecule has 0 aromatic heterocycles. The van der Waals surface area contributed by atoms with Crippen molar-refractivity contribution in [3.63, 3.8) is 0 Å². The molecule has 0 saturated carbocycles. The second-order valence-corrected chi connectivity index (χ2v) is 10.4. The zero-order valence-corrected chi connectivity index (χ0v) is 25.2. The molecule has 3 aromatic rings. The van der Waals surface area contributed by atoms with Crippen molar-refractivity contribution in [3.05, 3.63) is 108 Å². The van der Waals surface area contributed by atoms with Crippen molar-refractivity contribution in [1.82, 2.24) is 9.80 Å². The van der Waals surface area contributed by atoms with Gasteiger partial charge < -0.3 is 35.5 Å². The lowest BCUT2D eigenvalue weighted by molar-refractivity contribution is -0.146. The van der Waals surface area contributed by atoms with E-state index < -0.39 is 24.2 Å². The Morgan fingerprint density at radius 2 is 0.955 bits per heavy atom. The Bertz CT molecular complexity index is 1250. The third-order valence-corrected chi connectivity index (χ3v) is 6.90. The summed E-state index contributed by atoms with van der Waals surface area (Å²) in [5, 5.41) is 0. The molecule has 10 nitrogen and oxygen atoms in total. The van der Waals surface area contributed by atoms with Crippen molar-refractivity contribution >= 4 is 18.2 Å². The summed E-state index contributed by atoms with van der Waals surface area (Å²) < 4.78 is 16.4. The number of nitrogens with two attached hydrogens (primary N) is 2. The molecule has 0 heterocycles. The molecule has 4 N–H and O–H groups in total. The van der Waals surface area contributed by atoms with E-state index in [1.54, 1.807) is 9.80 Å². The van der Waals surface area contributed by atoms with Gasteiger partial charge in [-0.1, -0.05) is 91.0 Å². The summed E-state index contributed by atoms with van der Waals surface area (Å²) in [5.74, 6) is -0.531. The number of ether oxygens (including phenoxy) is 3. The molecule has 1 unspecified atom stereocenters. The van der Waals surface area contributed by atoms with Gasteiger partial charge in [0, 0.05) is 26.2 Å². The highest BCUT2D eigenvalue weighted by Crippen LogP contribution is 2.10. The maximum absolute atomic E-state index is 13.1. The van der Waals surface area contributed by atoms with Gasteiger partial charge in [0.05, 0.1) is 0 Å². The number of nitrogens with zero attached hydrogens (tertiary/aromatic N) is 2. The van der Waals surface area contributed by atoms with Gasteiger partial charge in [0.15, 0.2) is 0 Å². The second kappa shape index (κ2) is 19.7. The number of rotatable bonds is 18. The molecule has 0 saturated heterocycles. The Morgan fingerprint density at radius 1 is 0.568 bits per heavy atom. The van der Waals surface area contributed by atoms with E-state index in [2.05, 4.69) is 0 Å². The first-order valence-corrected chi connectivity index (χ1v) is 15.0. The zero-order chi connectivity index (χ0) is 31.4. The monoisotopic (exact) mass is 604 g/mol. The van der Waals surface area contributed by atoms with Crippen LogP contribution >= 0.6 is 0 Å². The maximum atomic E-state index is 13.1. The lowest BCUT2D eigenvalue weighted by atomic mass is 10.2. The summed E-state index contributed by atoms with van der Waals surface area (Å²) in [7, 11) is 0. The van der Waals surface area contributed by atoms with Crippen LogP contribution in [0.5, 0.6) is 0 Å². The predicted octanol–water partition coefficient (Wildman–Crippen LogP) is 4.85.